The molecule has 6 nitrogen and oxygen atoms in total. The number of nitrogens with zero attached hydrogens (tertiary/aromatic N) is 3. The fraction of sp³-hybridized carbons (Fsp3) is 0.846. The van der Waals surface area contributed by atoms with E-state index in [1.54, 1.807) is 4.90 Å². The highest BCUT2D eigenvalue weighted by Gasteiger charge is 2.32. The van der Waals surface area contributed by atoms with Gasteiger partial charge in [0.2, 0.25) is 5.91 Å². The molecule has 108 valence electrons. The fourth-order valence-corrected chi connectivity index (χ4v) is 3.00. The van der Waals surface area contributed by atoms with Gasteiger partial charge in [0.1, 0.15) is 0 Å². The maximum absolute atomic E-state index is 12.5. The first kappa shape index (κ1) is 14.1. The van der Waals surface area contributed by atoms with Gasteiger partial charge in [-0.15, -0.1) is 0 Å². The molecule has 2 heterocycles. The van der Waals surface area contributed by atoms with Crippen LogP contribution in [0.3, 0.4) is 0 Å². The molecule has 2 aliphatic rings. The zero-order valence-corrected chi connectivity index (χ0v) is 11.8. The molecule has 3 amide bonds. The van der Waals surface area contributed by atoms with Gasteiger partial charge in [0.05, 0.1) is 0 Å². The van der Waals surface area contributed by atoms with Gasteiger partial charge in [-0.05, 0) is 39.9 Å². The van der Waals surface area contributed by atoms with E-state index in [9.17, 15) is 9.59 Å². The van der Waals surface area contributed by atoms with Crippen molar-refractivity contribution in [2.45, 2.75) is 25.8 Å². The molecule has 0 radical (unpaired) electrons. The molecule has 0 aromatic carbocycles. The van der Waals surface area contributed by atoms with Crippen molar-refractivity contribution in [1.82, 2.24) is 14.7 Å². The smallest absolute Gasteiger partial charge is 0.315 e. The Labute approximate surface area is 114 Å². The summed E-state index contributed by atoms with van der Waals surface area (Å²) >= 11 is 0. The van der Waals surface area contributed by atoms with Gasteiger partial charge in [0, 0.05) is 31.6 Å². The van der Waals surface area contributed by atoms with Crippen molar-refractivity contribution >= 4 is 11.9 Å². The Morgan fingerprint density at radius 1 is 1.11 bits per heavy atom. The average Bonchev–Trinajstić information content (AvgIpc) is 2.38. The number of carbonyl (C=O) groups excluding carboxylic acids is 2. The van der Waals surface area contributed by atoms with Crippen LogP contribution in [0.4, 0.5) is 4.79 Å². The molecular weight excluding hydrogens is 244 g/mol. The molecular formula is C13H24N4O2. The number of hydrogen-bond donors (Lipinski definition) is 1. The van der Waals surface area contributed by atoms with Crippen LogP contribution in [0.2, 0.25) is 0 Å². The van der Waals surface area contributed by atoms with Gasteiger partial charge in [-0.1, -0.05) is 0 Å². The van der Waals surface area contributed by atoms with Crippen molar-refractivity contribution in [2.24, 2.45) is 11.7 Å². The summed E-state index contributed by atoms with van der Waals surface area (Å²) in [6.45, 7) is 5.70. The van der Waals surface area contributed by atoms with Crippen LogP contribution in [0.5, 0.6) is 0 Å². The predicted octanol–water partition coefficient (Wildman–Crippen LogP) is -0.0604. The number of likely N-dealkylation sites (tertiary alicyclic amines) is 1. The Bertz CT molecular complexity index is 353. The lowest BCUT2D eigenvalue weighted by molar-refractivity contribution is -0.139. The normalized spacial score (nSPS) is 26.5. The number of primary amides is 1. The number of nitrogens with two attached hydrogens (primary N) is 1. The summed E-state index contributed by atoms with van der Waals surface area (Å²) < 4.78 is 0. The van der Waals surface area contributed by atoms with Crippen molar-refractivity contribution in [3.8, 4) is 0 Å². The molecule has 19 heavy (non-hydrogen) atoms. The van der Waals surface area contributed by atoms with Crippen LogP contribution in [0.1, 0.15) is 19.8 Å². The molecule has 0 aromatic rings. The minimum atomic E-state index is -0.390. The van der Waals surface area contributed by atoms with E-state index in [-0.39, 0.29) is 23.9 Å². The quantitative estimate of drug-likeness (QED) is 0.724. The van der Waals surface area contributed by atoms with Crippen LogP contribution in [0.15, 0.2) is 0 Å². The predicted molar refractivity (Wildman–Crippen MR) is 72.6 cm³/mol. The Morgan fingerprint density at radius 3 is 2.26 bits per heavy atom. The second-order valence-corrected chi connectivity index (χ2v) is 5.74. The molecule has 6 heteroatoms. The van der Waals surface area contributed by atoms with Crippen LogP contribution in [-0.2, 0) is 4.79 Å². The first-order valence-corrected chi connectivity index (χ1v) is 7.02. The first-order chi connectivity index (χ1) is 8.99. The van der Waals surface area contributed by atoms with Crippen LogP contribution in [0.25, 0.3) is 0 Å². The number of amides is 3. The third kappa shape index (κ3) is 3.18. The maximum Gasteiger partial charge on any atom is 0.315 e. The Balaban J connectivity index is 1.89. The summed E-state index contributed by atoms with van der Waals surface area (Å²) in [6, 6.07) is -0.375. The number of rotatable bonds is 1. The van der Waals surface area contributed by atoms with E-state index >= 15 is 0 Å². The molecule has 0 saturated carbocycles. The van der Waals surface area contributed by atoms with Crippen molar-refractivity contribution in [1.29, 1.82) is 0 Å². The number of urea groups is 1. The van der Waals surface area contributed by atoms with Crippen LogP contribution in [-0.4, -0.2) is 72.5 Å². The Kier molecular flexibility index (Phi) is 4.29. The molecule has 0 bridgehead atoms. The zero-order valence-electron chi connectivity index (χ0n) is 11.8. The van der Waals surface area contributed by atoms with E-state index in [0.29, 0.717) is 19.6 Å². The van der Waals surface area contributed by atoms with Gasteiger partial charge in [0.25, 0.3) is 0 Å². The monoisotopic (exact) mass is 268 g/mol. The van der Waals surface area contributed by atoms with Crippen LogP contribution < -0.4 is 5.73 Å². The minimum absolute atomic E-state index is 0.0152. The molecule has 2 rings (SSSR count). The third-order valence-electron chi connectivity index (χ3n) is 4.29. The first-order valence-electron chi connectivity index (χ1n) is 7.02. The highest BCUT2D eigenvalue weighted by Crippen LogP contribution is 2.20. The van der Waals surface area contributed by atoms with Gasteiger partial charge < -0.3 is 20.4 Å². The van der Waals surface area contributed by atoms with Gasteiger partial charge in [0.15, 0.2) is 0 Å². The molecule has 0 aromatic heterocycles. The molecule has 2 saturated heterocycles. The van der Waals surface area contributed by atoms with Gasteiger partial charge >= 0.3 is 6.03 Å². The lowest BCUT2D eigenvalue weighted by atomic mass is 9.95. The molecule has 0 aliphatic carbocycles. The van der Waals surface area contributed by atoms with E-state index in [1.807, 2.05) is 11.8 Å². The summed E-state index contributed by atoms with van der Waals surface area (Å²) in [5.74, 6) is 0.410. The van der Waals surface area contributed by atoms with E-state index in [1.165, 1.54) is 0 Å². The Hall–Kier alpha value is -1.30. The van der Waals surface area contributed by atoms with E-state index < -0.39 is 0 Å². The molecule has 1 unspecified atom stereocenters. The summed E-state index contributed by atoms with van der Waals surface area (Å²) in [4.78, 5) is 29.5. The summed E-state index contributed by atoms with van der Waals surface area (Å²) in [7, 11) is 2.09. The fourth-order valence-electron chi connectivity index (χ4n) is 3.00. The zero-order chi connectivity index (χ0) is 14.0. The van der Waals surface area contributed by atoms with Crippen molar-refractivity contribution in [2.75, 3.05) is 39.8 Å². The van der Waals surface area contributed by atoms with Crippen LogP contribution in [0, 0.1) is 5.92 Å². The van der Waals surface area contributed by atoms with Gasteiger partial charge in [-0.2, -0.15) is 0 Å². The average molecular weight is 268 g/mol. The van der Waals surface area contributed by atoms with Crippen molar-refractivity contribution in [3.05, 3.63) is 0 Å². The number of piperazine rings is 1. The highest BCUT2D eigenvalue weighted by atomic mass is 16.2. The minimum Gasteiger partial charge on any atom is -0.351 e. The van der Waals surface area contributed by atoms with E-state index in [4.69, 9.17) is 5.73 Å². The van der Waals surface area contributed by atoms with Crippen LogP contribution >= 0.6 is 0 Å². The van der Waals surface area contributed by atoms with E-state index in [2.05, 4.69) is 11.9 Å². The molecule has 1 atom stereocenters. The number of hydrogen-bond acceptors (Lipinski definition) is 3. The lowest BCUT2D eigenvalue weighted by Crippen LogP contribution is -2.58. The van der Waals surface area contributed by atoms with Gasteiger partial charge in [-0.25, -0.2) is 4.79 Å². The molecule has 2 aliphatic heterocycles. The van der Waals surface area contributed by atoms with Crippen molar-refractivity contribution < 1.29 is 9.59 Å². The lowest BCUT2D eigenvalue weighted by Gasteiger charge is -2.41. The summed E-state index contributed by atoms with van der Waals surface area (Å²) in [5, 5.41) is 0. The van der Waals surface area contributed by atoms with Gasteiger partial charge in [-0.3, -0.25) is 4.79 Å². The SMILES string of the molecule is CC1CN(C(=O)C2CCN(C)CC2)CCN1C(N)=O. The van der Waals surface area contributed by atoms with Crippen molar-refractivity contribution in [3.63, 3.8) is 0 Å². The summed E-state index contributed by atoms with van der Waals surface area (Å²) in [6.07, 6.45) is 1.89. The molecule has 2 N–H and O–H groups in total. The second kappa shape index (κ2) is 5.77. The Morgan fingerprint density at radius 2 is 1.74 bits per heavy atom. The second-order valence-electron chi connectivity index (χ2n) is 5.74. The molecule has 0 spiro atoms. The topological polar surface area (TPSA) is 69.9 Å². The summed E-state index contributed by atoms with van der Waals surface area (Å²) in [5.41, 5.74) is 5.32. The molecule has 2 fully saturated rings. The van der Waals surface area contributed by atoms with E-state index in [0.717, 1.165) is 25.9 Å². The maximum atomic E-state index is 12.5. The highest BCUT2D eigenvalue weighted by molar-refractivity contribution is 5.79. The standard InChI is InChI=1S/C13H24N4O2/c1-10-9-16(7-8-17(10)13(14)19)12(18)11-3-5-15(2)6-4-11/h10-11H,3-9H2,1-2H3,(H2,14,19). The number of piperidine rings is 1. The number of carbonyl (C=O) groups is 2. The largest absolute Gasteiger partial charge is 0.351 e. The third-order valence-corrected chi connectivity index (χ3v) is 4.29.